The van der Waals surface area contributed by atoms with Crippen molar-refractivity contribution in [3.63, 3.8) is 0 Å². The zero-order chi connectivity index (χ0) is 41.0. The summed E-state index contributed by atoms with van der Waals surface area (Å²) in [6.07, 6.45) is 10.3. The molecule has 0 radical (unpaired) electrons. The topological polar surface area (TPSA) is 61.4 Å². The van der Waals surface area contributed by atoms with Crippen molar-refractivity contribution in [2.24, 2.45) is 0 Å². The van der Waals surface area contributed by atoms with E-state index >= 15 is 0 Å². The van der Waals surface area contributed by atoms with Crippen molar-refractivity contribution < 1.29 is 0 Å². The average molecular weight is 795 g/mol. The lowest BCUT2D eigenvalue weighted by Crippen LogP contribution is -2.04. The highest BCUT2D eigenvalue weighted by atomic mass is 15.0. The van der Waals surface area contributed by atoms with Crippen molar-refractivity contribution in [2.75, 3.05) is 0 Å². The Hall–Kier alpha value is -8.22. The molecule has 0 N–H and O–H groups in total. The van der Waals surface area contributed by atoms with Gasteiger partial charge in [0, 0.05) is 50.3 Å². The van der Waals surface area contributed by atoms with Crippen LogP contribution in [0.3, 0.4) is 0 Å². The second-order valence-corrected chi connectivity index (χ2v) is 15.8. The van der Waals surface area contributed by atoms with Crippen molar-refractivity contribution in [1.82, 2.24) is 29.1 Å². The molecule has 7 aromatic carbocycles. The van der Waals surface area contributed by atoms with Crippen molar-refractivity contribution in [1.29, 1.82) is 0 Å². The Kier molecular flexibility index (Phi) is 8.52. The van der Waals surface area contributed by atoms with E-state index in [9.17, 15) is 0 Å². The molecule has 12 rings (SSSR count). The van der Waals surface area contributed by atoms with Crippen LogP contribution in [0.5, 0.6) is 0 Å². The summed E-state index contributed by atoms with van der Waals surface area (Å²) in [7, 11) is 0. The maximum absolute atomic E-state index is 5.01. The number of para-hydroxylation sites is 3. The summed E-state index contributed by atoms with van der Waals surface area (Å²) < 4.78 is 4.76. The molecular formula is C56H38N6. The van der Waals surface area contributed by atoms with Crippen molar-refractivity contribution in [3.8, 4) is 56.5 Å². The summed E-state index contributed by atoms with van der Waals surface area (Å²) in [6.45, 7) is 0. The van der Waals surface area contributed by atoms with E-state index in [1.807, 2.05) is 36.5 Å². The third-order valence-corrected chi connectivity index (χ3v) is 12.1. The number of pyridine rings is 1. The van der Waals surface area contributed by atoms with Gasteiger partial charge in [0.25, 0.3) is 0 Å². The Labute approximate surface area is 358 Å². The van der Waals surface area contributed by atoms with Gasteiger partial charge in [-0.3, -0.25) is 4.98 Å². The molecule has 11 aromatic rings. The van der Waals surface area contributed by atoms with E-state index in [0.29, 0.717) is 23.2 Å². The van der Waals surface area contributed by atoms with Crippen molar-refractivity contribution >= 4 is 49.2 Å². The fourth-order valence-electron chi connectivity index (χ4n) is 9.18. The first-order valence-electron chi connectivity index (χ1n) is 21.1. The maximum Gasteiger partial charge on any atom is 0.182 e. The van der Waals surface area contributed by atoms with Crippen LogP contribution in [0.25, 0.3) is 106 Å². The first-order chi connectivity index (χ1) is 30.7. The standard InChI is InChI=1S/C56H38N6/c1-4-15-38(16-5-1)54-58-55(39-17-6-2-7-18-39)60-56(59-54)48-35-41(33-34-57-48)44-23-14-26-51-53(44)47-22-11-13-25-50(47)61(51)43-30-27-37(28-31-43)40-29-32-46-45-21-10-12-24-49(45)62(52(46)36-40)42-19-8-3-9-20-42/h1,3-6,8-36H,2,7H2. The zero-order valence-electron chi connectivity index (χ0n) is 33.7. The van der Waals surface area contributed by atoms with Crippen LogP contribution in [0.1, 0.15) is 18.7 Å². The highest BCUT2D eigenvalue weighted by molar-refractivity contribution is 6.16. The lowest BCUT2D eigenvalue weighted by molar-refractivity contribution is 1.00. The molecule has 4 heterocycles. The number of allylic oxidation sites excluding steroid dienone is 4. The van der Waals surface area contributed by atoms with Gasteiger partial charge in [-0.1, -0.05) is 140 Å². The molecule has 4 aromatic heterocycles. The summed E-state index contributed by atoms with van der Waals surface area (Å²) in [6, 6.07) is 64.7. The van der Waals surface area contributed by atoms with Crippen LogP contribution in [0.4, 0.5) is 0 Å². The second-order valence-electron chi connectivity index (χ2n) is 15.8. The van der Waals surface area contributed by atoms with Gasteiger partial charge in [0.1, 0.15) is 5.69 Å². The Morgan fingerprint density at radius 3 is 1.85 bits per heavy atom. The van der Waals surface area contributed by atoms with Crippen LogP contribution in [-0.4, -0.2) is 29.1 Å². The SMILES string of the molecule is C1=CC(c2nc(-c3ccccc3)nc(-c3cc(-c4cccc5c4c4ccccc4n5-c4ccc(-c5ccc6c7ccccc7n(-c7ccccc7)c6c5)cc4)ccn3)n2)=CCC1. The summed E-state index contributed by atoms with van der Waals surface area (Å²) in [5.74, 6) is 1.83. The minimum absolute atomic E-state index is 0.547. The number of fused-ring (bicyclic) bond motifs is 6. The van der Waals surface area contributed by atoms with Gasteiger partial charge in [-0.25, -0.2) is 15.0 Å². The molecule has 62 heavy (non-hydrogen) atoms. The lowest BCUT2D eigenvalue weighted by atomic mass is 9.99. The lowest BCUT2D eigenvalue weighted by Gasteiger charge is -2.12. The average Bonchev–Trinajstić information content (AvgIpc) is 3.87. The number of rotatable bonds is 7. The fourth-order valence-corrected chi connectivity index (χ4v) is 9.18. The van der Waals surface area contributed by atoms with E-state index < -0.39 is 0 Å². The minimum Gasteiger partial charge on any atom is -0.309 e. The Morgan fingerprint density at radius 1 is 0.403 bits per heavy atom. The molecule has 0 bridgehead atoms. The van der Waals surface area contributed by atoms with Gasteiger partial charge in [0.05, 0.1) is 22.1 Å². The number of hydrogen-bond acceptors (Lipinski definition) is 4. The molecule has 292 valence electrons. The van der Waals surface area contributed by atoms with Crippen LogP contribution >= 0.6 is 0 Å². The molecule has 0 spiro atoms. The molecule has 0 unspecified atom stereocenters. The van der Waals surface area contributed by atoms with E-state index in [1.165, 1.54) is 43.7 Å². The van der Waals surface area contributed by atoms with E-state index in [-0.39, 0.29) is 0 Å². The number of hydrogen-bond donors (Lipinski definition) is 0. The molecule has 1 aliphatic carbocycles. The van der Waals surface area contributed by atoms with Crippen LogP contribution in [0, 0.1) is 0 Å². The molecule has 0 saturated heterocycles. The third-order valence-electron chi connectivity index (χ3n) is 12.1. The molecule has 0 fully saturated rings. The highest BCUT2D eigenvalue weighted by Gasteiger charge is 2.19. The number of nitrogens with zero attached hydrogens (tertiary/aromatic N) is 6. The van der Waals surface area contributed by atoms with E-state index in [0.717, 1.165) is 57.5 Å². The minimum atomic E-state index is 0.547. The first-order valence-corrected chi connectivity index (χ1v) is 21.1. The summed E-state index contributed by atoms with van der Waals surface area (Å²) in [5.41, 5.74) is 14.1. The van der Waals surface area contributed by atoms with Gasteiger partial charge >= 0.3 is 0 Å². The monoisotopic (exact) mass is 794 g/mol. The third kappa shape index (κ3) is 6.03. The van der Waals surface area contributed by atoms with Crippen LogP contribution < -0.4 is 0 Å². The second kappa shape index (κ2) is 14.8. The molecule has 0 atom stereocenters. The maximum atomic E-state index is 5.01. The van der Waals surface area contributed by atoms with Gasteiger partial charge in [-0.05, 0) is 95.8 Å². The van der Waals surface area contributed by atoms with Gasteiger partial charge in [0.2, 0.25) is 0 Å². The predicted octanol–water partition coefficient (Wildman–Crippen LogP) is 13.9. The van der Waals surface area contributed by atoms with E-state index in [4.69, 9.17) is 19.9 Å². The molecule has 6 nitrogen and oxygen atoms in total. The Bertz CT molecular complexity index is 3560. The summed E-state index contributed by atoms with van der Waals surface area (Å²) in [4.78, 5) is 19.8. The largest absolute Gasteiger partial charge is 0.309 e. The van der Waals surface area contributed by atoms with Gasteiger partial charge in [0.15, 0.2) is 17.5 Å². The van der Waals surface area contributed by atoms with Crippen LogP contribution in [0.15, 0.2) is 206 Å². The van der Waals surface area contributed by atoms with Crippen molar-refractivity contribution in [2.45, 2.75) is 12.8 Å². The van der Waals surface area contributed by atoms with Gasteiger partial charge in [-0.15, -0.1) is 0 Å². The molecular weight excluding hydrogens is 757 g/mol. The molecule has 0 amide bonds. The molecule has 1 aliphatic rings. The Balaban J connectivity index is 0.953. The van der Waals surface area contributed by atoms with Crippen LogP contribution in [-0.2, 0) is 0 Å². The fraction of sp³-hybridized carbons (Fsp3) is 0.0357. The summed E-state index contributed by atoms with van der Waals surface area (Å²) in [5, 5.41) is 4.87. The number of aromatic nitrogens is 6. The number of benzene rings is 7. The first kappa shape index (κ1) is 35.7. The molecule has 6 heteroatoms. The zero-order valence-corrected chi connectivity index (χ0v) is 33.7. The normalized spacial score (nSPS) is 12.7. The molecule has 0 aliphatic heterocycles. The quantitative estimate of drug-likeness (QED) is 0.161. The molecule has 0 saturated carbocycles. The van der Waals surface area contributed by atoms with E-state index in [2.05, 4.69) is 179 Å². The highest BCUT2D eigenvalue weighted by Crippen LogP contribution is 2.40. The van der Waals surface area contributed by atoms with Crippen molar-refractivity contribution in [3.05, 3.63) is 212 Å². The van der Waals surface area contributed by atoms with Crippen LogP contribution in [0.2, 0.25) is 0 Å². The van der Waals surface area contributed by atoms with Gasteiger partial charge < -0.3 is 9.13 Å². The Morgan fingerprint density at radius 2 is 1.05 bits per heavy atom. The van der Waals surface area contributed by atoms with E-state index in [1.54, 1.807) is 0 Å². The summed E-state index contributed by atoms with van der Waals surface area (Å²) >= 11 is 0. The smallest absolute Gasteiger partial charge is 0.182 e. The van der Waals surface area contributed by atoms with Gasteiger partial charge in [-0.2, -0.15) is 0 Å². The predicted molar refractivity (Wildman–Crippen MR) is 254 cm³/mol.